The molecule has 21 heavy (non-hydrogen) atoms. The van der Waals surface area contributed by atoms with Crippen molar-refractivity contribution in [3.8, 4) is 0 Å². The van der Waals surface area contributed by atoms with Gasteiger partial charge in [-0.25, -0.2) is 0 Å². The van der Waals surface area contributed by atoms with Gasteiger partial charge in [-0.05, 0) is 25.2 Å². The number of carbonyl (C=O) groups is 2. The normalized spacial score (nSPS) is 24.8. The second-order valence-electron chi connectivity index (χ2n) is 6.87. The smallest absolute Gasteiger partial charge is 0.319 e. The number of amides is 1. The first-order valence-corrected chi connectivity index (χ1v) is 7.92. The summed E-state index contributed by atoms with van der Waals surface area (Å²) in [6.07, 6.45) is 3.97. The van der Waals surface area contributed by atoms with Gasteiger partial charge in [-0.2, -0.15) is 0 Å². The van der Waals surface area contributed by atoms with E-state index in [1.807, 2.05) is 20.8 Å². The predicted molar refractivity (Wildman–Crippen MR) is 80.6 cm³/mol. The van der Waals surface area contributed by atoms with E-state index in [9.17, 15) is 14.7 Å². The molecule has 1 fully saturated rings. The molecule has 1 saturated carbocycles. The zero-order valence-electron chi connectivity index (χ0n) is 13.6. The predicted octanol–water partition coefficient (Wildman–Crippen LogP) is 2.02. The van der Waals surface area contributed by atoms with Gasteiger partial charge < -0.3 is 15.2 Å². The maximum absolute atomic E-state index is 12.5. The molecule has 5 nitrogen and oxygen atoms in total. The summed E-state index contributed by atoms with van der Waals surface area (Å²) in [5.74, 6) is -1.69. The van der Waals surface area contributed by atoms with Gasteiger partial charge in [0.25, 0.3) is 0 Å². The number of carbonyl (C=O) groups excluding carboxylic acids is 2. The third-order valence-electron chi connectivity index (χ3n) is 3.96. The van der Waals surface area contributed by atoms with Crippen LogP contribution in [0.3, 0.4) is 0 Å². The number of hydrogen-bond acceptors (Lipinski definition) is 4. The highest BCUT2D eigenvalue weighted by molar-refractivity contribution is 5.98. The van der Waals surface area contributed by atoms with Gasteiger partial charge in [0.2, 0.25) is 5.91 Å². The van der Waals surface area contributed by atoms with Gasteiger partial charge in [0.1, 0.15) is 5.92 Å². The second kappa shape index (κ2) is 7.78. The Bertz CT molecular complexity index is 362. The van der Waals surface area contributed by atoms with Crippen molar-refractivity contribution in [1.29, 1.82) is 0 Å². The van der Waals surface area contributed by atoms with Gasteiger partial charge in [0, 0.05) is 0 Å². The van der Waals surface area contributed by atoms with Gasteiger partial charge in [-0.3, -0.25) is 9.59 Å². The molecule has 0 bridgehead atoms. The van der Waals surface area contributed by atoms with E-state index in [1.54, 1.807) is 6.92 Å². The fourth-order valence-corrected chi connectivity index (χ4v) is 2.80. The fourth-order valence-electron chi connectivity index (χ4n) is 2.80. The molecule has 3 unspecified atom stereocenters. The van der Waals surface area contributed by atoms with E-state index in [2.05, 4.69) is 5.32 Å². The molecule has 0 aromatic carbocycles. The lowest BCUT2D eigenvalue weighted by molar-refractivity contribution is -0.157. The molecule has 0 aromatic heterocycles. The van der Waals surface area contributed by atoms with Crippen LogP contribution in [-0.2, 0) is 14.3 Å². The Labute approximate surface area is 127 Å². The summed E-state index contributed by atoms with van der Waals surface area (Å²) in [5.41, 5.74) is -0.522. The van der Waals surface area contributed by atoms with E-state index >= 15 is 0 Å². The lowest BCUT2D eigenvalue weighted by Crippen LogP contribution is -2.50. The van der Waals surface area contributed by atoms with Crippen molar-refractivity contribution in [3.63, 3.8) is 0 Å². The summed E-state index contributed by atoms with van der Waals surface area (Å²) >= 11 is 0. The van der Waals surface area contributed by atoms with Crippen molar-refractivity contribution in [2.24, 2.45) is 11.3 Å². The van der Waals surface area contributed by atoms with Crippen molar-refractivity contribution in [3.05, 3.63) is 0 Å². The van der Waals surface area contributed by atoms with Crippen LogP contribution in [0.1, 0.15) is 59.8 Å². The molecule has 0 spiro atoms. The topological polar surface area (TPSA) is 75.6 Å². The summed E-state index contributed by atoms with van der Waals surface area (Å²) in [6, 6.07) is -0.265. The molecule has 1 aliphatic rings. The number of aliphatic hydroxyl groups is 1. The van der Waals surface area contributed by atoms with E-state index in [-0.39, 0.29) is 18.6 Å². The van der Waals surface area contributed by atoms with Crippen molar-refractivity contribution in [2.45, 2.75) is 71.9 Å². The van der Waals surface area contributed by atoms with Crippen LogP contribution >= 0.6 is 0 Å². The average Bonchev–Trinajstić information content (AvgIpc) is 2.53. The monoisotopic (exact) mass is 299 g/mol. The third kappa shape index (κ3) is 5.30. The Balaban J connectivity index is 2.78. The second-order valence-corrected chi connectivity index (χ2v) is 6.87. The first kappa shape index (κ1) is 18.0. The quantitative estimate of drug-likeness (QED) is 0.473. The first-order chi connectivity index (χ1) is 9.77. The van der Waals surface area contributed by atoms with Gasteiger partial charge in [0.05, 0.1) is 18.8 Å². The Kier molecular flexibility index (Phi) is 6.65. The van der Waals surface area contributed by atoms with Crippen LogP contribution in [0.2, 0.25) is 0 Å². The number of aliphatic hydroxyl groups excluding tert-OH is 1. The van der Waals surface area contributed by atoms with Gasteiger partial charge in [-0.15, -0.1) is 0 Å². The molecule has 3 atom stereocenters. The van der Waals surface area contributed by atoms with E-state index in [4.69, 9.17) is 4.74 Å². The van der Waals surface area contributed by atoms with Crippen LogP contribution < -0.4 is 5.32 Å². The first-order valence-electron chi connectivity index (χ1n) is 7.92. The molecule has 0 radical (unpaired) electrons. The third-order valence-corrected chi connectivity index (χ3v) is 3.96. The maximum Gasteiger partial charge on any atom is 0.319 e. The van der Waals surface area contributed by atoms with E-state index in [0.29, 0.717) is 6.42 Å². The molecule has 1 rings (SSSR count). The molecule has 5 heteroatoms. The summed E-state index contributed by atoms with van der Waals surface area (Å²) in [5, 5.41) is 13.0. The molecular formula is C16H29NO4. The SMILES string of the molecule is CCOC(=O)C(C(=O)NC1CCCCCC1O)C(C)(C)C. The Morgan fingerprint density at radius 3 is 2.43 bits per heavy atom. The van der Waals surface area contributed by atoms with E-state index in [0.717, 1.165) is 25.7 Å². The highest BCUT2D eigenvalue weighted by Crippen LogP contribution is 2.28. The molecule has 0 aliphatic heterocycles. The number of nitrogens with one attached hydrogen (secondary N) is 1. The number of esters is 1. The van der Waals surface area contributed by atoms with Crippen LogP contribution in [-0.4, -0.2) is 35.7 Å². The van der Waals surface area contributed by atoms with E-state index in [1.165, 1.54) is 0 Å². The van der Waals surface area contributed by atoms with Crippen molar-refractivity contribution >= 4 is 11.9 Å². The van der Waals surface area contributed by atoms with Gasteiger partial charge in [-0.1, -0.05) is 40.0 Å². The van der Waals surface area contributed by atoms with Crippen molar-refractivity contribution < 1.29 is 19.4 Å². The maximum atomic E-state index is 12.5. The minimum Gasteiger partial charge on any atom is -0.465 e. The molecule has 1 aliphatic carbocycles. The summed E-state index contributed by atoms with van der Waals surface area (Å²) < 4.78 is 5.03. The molecule has 1 amide bonds. The zero-order valence-corrected chi connectivity index (χ0v) is 13.6. The molecular weight excluding hydrogens is 270 g/mol. The number of hydrogen-bond donors (Lipinski definition) is 2. The number of rotatable bonds is 4. The molecule has 0 aromatic rings. The fraction of sp³-hybridized carbons (Fsp3) is 0.875. The molecule has 0 saturated heterocycles. The zero-order chi connectivity index (χ0) is 16.0. The standard InChI is InChI=1S/C16H29NO4/c1-5-21-15(20)13(16(2,3)4)14(19)17-11-9-7-6-8-10-12(11)18/h11-13,18H,5-10H2,1-4H3,(H,17,19). The molecule has 122 valence electrons. The summed E-state index contributed by atoms with van der Waals surface area (Å²) in [7, 11) is 0. The van der Waals surface area contributed by atoms with Crippen LogP contribution in [0.4, 0.5) is 0 Å². The van der Waals surface area contributed by atoms with Crippen LogP contribution in [0.15, 0.2) is 0 Å². The van der Waals surface area contributed by atoms with Crippen LogP contribution in [0, 0.1) is 11.3 Å². The lowest BCUT2D eigenvalue weighted by atomic mass is 9.80. The Hall–Kier alpha value is -1.10. The largest absolute Gasteiger partial charge is 0.465 e. The van der Waals surface area contributed by atoms with Crippen molar-refractivity contribution in [1.82, 2.24) is 5.32 Å². The highest BCUT2D eigenvalue weighted by Gasteiger charge is 2.40. The summed E-state index contributed by atoms with van der Waals surface area (Å²) in [6.45, 7) is 7.52. The van der Waals surface area contributed by atoms with Gasteiger partial charge >= 0.3 is 5.97 Å². The lowest BCUT2D eigenvalue weighted by Gasteiger charge is -2.30. The minimum absolute atomic E-state index is 0.255. The molecule has 0 heterocycles. The van der Waals surface area contributed by atoms with Crippen LogP contribution in [0.5, 0.6) is 0 Å². The average molecular weight is 299 g/mol. The Morgan fingerprint density at radius 1 is 1.24 bits per heavy atom. The van der Waals surface area contributed by atoms with Gasteiger partial charge in [0.15, 0.2) is 0 Å². The summed E-state index contributed by atoms with van der Waals surface area (Å²) in [4.78, 5) is 24.6. The molecule has 2 N–H and O–H groups in total. The Morgan fingerprint density at radius 2 is 1.86 bits per heavy atom. The highest BCUT2D eigenvalue weighted by atomic mass is 16.5. The minimum atomic E-state index is -0.854. The van der Waals surface area contributed by atoms with Crippen molar-refractivity contribution in [2.75, 3.05) is 6.61 Å². The number of ether oxygens (including phenoxy) is 1. The van der Waals surface area contributed by atoms with Crippen LogP contribution in [0.25, 0.3) is 0 Å². The van der Waals surface area contributed by atoms with E-state index < -0.39 is 23.4 Å².